The third kappa shape index (κ3) is 2.87. The number of hydrogen-bond acceptors (Lipinski definition) is 2. The molecule has 1 N–H and O–H groups in total. The molecule has 17 heavy (non-hydrogen) atoms. The Morgan fingerprint density at radius 1 is 1.29 bits per heavy atom. The highest BCUT2D eigenvalue weighted by molar-refractivity contribution is 9.10. The van der Waals surface area contributed by atoms with Crippen molar-refractivity contribution in [3.05, 3.63) is 33.8 Å². The number of rotatable bonds is 2. The lowest BCUT2D eigenvalue weighted by Crippen LogP contribution is -2.36. The summed E-state index contributed by atoms with van der Waals surface area (Å²) in [6, 6.07) is 5.43. The number of amides is 1. The molecule has 1 aliphatic rings. The fourth-order valence-corrected chi connectivity index (χ4v) is 2.51. The summed E-state index contributed by atoms with van der Waals surface area (Å²) in [5, 5.41) is 9.27. The van der Waals surface area contributed by atoms with Gasteiger partial charge in [-0.2, -0.15) is 0 Å². The zero-order chi connectivity index (χ0) is 12.3. The summed E-state index contributed by atoms with van der Waals surface area (Å²) in [4.78, 5) is 14.2. The van der Waals surface area contributed by atoms with Gasteiger partial charge in [0.2, 0.25) is 0 Å². The second-order valence-corrected chi connectivity index (χ2v) is 5.23. The van der Waals surface area contributed by atoms with Gasteiger partial charge in [-0.1, -0.05) is 22.0 Å². The lowest BCUT2D eigenvalue weighted by atomic mass is 10.0. The van der Waals surface area contributed by atoms with E-state index in [1.165, 1.54) is 6.42 Å². The van der Waals surface area contributed by atoms with Gasteiger partial charge in [0.05, 0.1) is 6.61 Å². The van der Waals surface area contributed by atoms with Crippen LogP contribution in [0.2, 0.25) is 0 Å². The van der Waals surface area contributed by atoms with Crippen LogP contribution in [0.5, 0.6) is 0 Å². The van der Waals surface area contributed by atoms with E-state index in [1.807, 2.05) is 11.0 Å². The van der Waals surface area contributed by atoms with Crippen LogP contribution >= 0.6 is 15.9 Å². The van der Waals surface area contributed by atoms with Crippen molar-refractivity contribution in [1.29, 1.82) is 0 Å². The maximum absolute atomic E-state index is 12.3. The van der Waals surface area contributed by atoms with Crippen LogP contribution in [0.25, 0.3) is 0 Å². The normalized spacial score (nSPS) is 16.0. The van der Waals surface area contributed by atoms with Gasteiger partial charge in [-0.25, -0.2) is 0 Å². The van der Waals surface area contributed by atoms with Crippen LogP contribution < -0.4 is 0 Å². The Kier molecular flexibility index (Phi) is 4.18. The summed E-state index contributed by atoms with van der Waals surface area (Å²) in [5.74, 6) is 0.0371. The van der Waals surface area contributed by atoms with Crippen molar-refractivity contribution in [3.8, 4) is 0 Å². The van der Waals surface area contributed by atoms with E-state index in [0.29, 0.717) is 11.1 Å². The number of aliphatic hydroxyl groups is 1. The minimum Gasteiger partial charge on any atom is -0.392 e. The van der Waals surface area contributed by atoms with Crippen molar-refractivity contribution in [1.82, 2.24) is 4.90 Å². The molecule has 2 rings (SSSR count). The summed E-state index contributed by atoms with van der Waals surface area (Å²) >= 11 is 3.37. The van der Waals surface area contributed by atoms with Crippen LogP contribution in [0.3, 0.4) is 0 Å². The van der Waals surface area contributed by atoms with Crippen LogP contribution in [0, 0.1) is 0 Å². The van der Waals surface area contributed by atoms with E-state index in [0.717, 1.165) is 30.4 Å². The fraction of sp³-hybridized carbons (Fsp3) is 0.462. The van der Waals surface area contributed by atoms with Crippen molar-refractivity contribution in [2.45, 2.75) is 25.9 Å². The molecule has 0 bridgehead atoms. The minimum atomic E-state index is -0.0950. The lowest BCUT2D eigenvalue weighted by molar-refractivity contribution is 0.0721. The van der Waals surface area contributed by atoms with E-state index in [-0.39, 0.29) is 12.5 Å². The van der Waals surface area contributed by atoms with Gasteiger partial charge in [0.1, 0.15) is 0 Å². The van der Waals surface area contributed by atoms with Gasteiger partial charge in [-0.3, -0.25) is 4.79 Å². The van der Waals surface area contributed by atoms with Crippen LogP contribution in [-0.4, -0.2) is 29.0 Å². The highest BCUT2D eigenvalue weighted by atomic mass is 79.9. The van der Waals surface area contributed by atoms with Gasteiger partial charge >= 0.3 is 0 Å². The monoisotopic (exact) mass is 297 g/mol. The molecule has 1 heterocycles. The predicted molar refractivity (Wildman–Crippen MR) is 69.8 cm³/mol. The molecule has 4 heteroatoms. The predicted octanol–water partition coefficient (Wildman–Crippen LogP) is 2.57. The van der Waals surface area contributed by atoms with E-state index in [2.05, 4.69) is 15.9 Å². The number of benzene rings is 1. The molecule has 1 saturated heterocycles. The molecule has 0 spiro atoms. The Labute approximate surface area is 110 Å². The first-order valence-electron chi connectivity index (χ1n) is 5.91. The standard InChI is InChI=1S/C13H16BrNO2/c14-11-5-4-10(9-16)12(8-11)13(17)15-6-2-1-3-7-15/h4-5,8,16H,1-3,6-7,9H2. The second-order valence-electron chi connectivity index (χ2n) is 4.31. The molecule has 3 nitrogen and oxygen atoms in total. The van der Waals surface area contributed by atoms with Gasteiger partial charge in [0, 0.05) is 23.1 Å². The Hall–Kier alpha value is -0.870. The topological polar surface area (TPSA) is 40.5 Å². The zero-order valence-electron chi connectivity index (χ0n) is 9.66. The molecule has 92 valence electrons. The second kappa shape index (κ2) is 5.65. The maximum atomic E-state index is 12.3. The van der Waals surface area contributed by atoms with E-state index in [1.54, 1.807) is 12.1 Å². The average Bonchev–Trinajstić information content (AvgIpc) is 2.39. The Morgan fingerprint density at radius 2 is 2.00 bits per heavy atom. The smallest absolute Gasteiger partial charge is 0.254 e. The number of carbonyl (C=O) groups is 1. The first-order chi connectivity index (χ1) is 8.22. The SMILES string of the molecule is O=C(c1cc(Br)ccc1CO)N1CCCCC1. The molecule has 0 saturated carbocycles. The van der Waals surface area contributed by atoms with E-state index >= 15 is 0 Å². The molecule has 1 aromatic carbocycles. The van der Waals surface area contributed by atoms with Crippen molar-refractivity contribution < 1.29 is 9.90 Å². The largest absolute Gasteiger partial charge is 0.392 e. The number of aliphatic hydroxyl groups excluding tert-OH is 1. The molecule has 0 atom stereocenters. The average molecular weight is 298 g/mol. The summed E-state index contributed by atoms with van der Waals surface area (Å²) in [5.41, 5.74) is 1.31. The number of likely N-dealkylation sites (tertiary alicyclic amines) is 1. The molecule has 1 aliphatic heterocycles. The number of carbonyl (C=O) groups excluding carboxylic acids is 1. The highest BCUT2D eigenvalue weighted by Crippen LogP contribution is 2.20. The summed E-state index contributed by atoms with van der Waals surface area (Å²) in [6.07, 6.45) is 3.36. The molecular weight excluding hydrogens is 282 g/mol. The molecule has 0 aliphatic carbocycles. The van der Waals surface area contributed by atoms with Crippen molar-refractivity contribution >= 4 is 21.8 Å². The van der Waals surface area contributed by atoms with Gasteiger partial charge in [-0.15, -0.1) is 0 Å². The number of halogens is 1. The van der Waals surface area contributed by atoms with Crippen LogP contribution in [0.4, 0.5) is 0 Å². The summed E-state index contributed by atoms with van der Waals surface area (Å²) in [6.45, 7) is 1.56. The van der Waals surface area contributed by atoms with Crippen LogP contribution in [0.1, 0.15) is 35.2 Å². The van der Waals surface area contributed by atoms with Gasteiger partial charge in [0.15, 0.2) is 0 Å². The van der Waals surface area contributed by atoms with E-state index in [9.17, 15) is 9.90 Å². The molecular formula is C13H16BrNO2. The number of piperidine rings is 1. The third-order valence-electron chi connectivity index (χ3n) is 3.12. The van der Waals surface area contributed by atoms with Crippen LogP contribution in [0.15, 0.2) is 22.7 Å². The van der Waals surface area contributed by atoms with Gasteiger partial charge in [-0.05, 0) is 37.0 Å². The Balaban J connectivity index is 2.25. The molecule has 0 radical (unpaired) electrons. The Morgan fingerprint density at radius 3 is 2.65 bits per heavy atom. The van der Waals surface area contributed by atoms with Crippen molar-refractivity contribution in [2.75, 3.05) is 13.1 Å². The Bertz CT molecular complexity index is 414. The van der Waals surface area contributed by atoms with Crippen molar-refractivity contribution in [2.24, 2.45) is 0 Å². The van der Waals surface area contributed by atoms with Gasteiger partial charge < -0.3 is 10.0 Å². The fourth-order valence-electron chi connectivity index (χ4n) is 2.15. The number of nitrogens with zero attached hydrogens (tertiary/aromatic N) is 1. The maximum Gasteiger partial charge on any atom is 0.254 e. The first kappa shape index (κ1) is 12.6. The third-order valence-corrected chi connectivity index (χ3v) is 3.61. The first-order valence-corrected chi connectivity index (χ1v) is 6.70. The van der Waals surface area contributed by atoms with E-state index < -0.39 is 0 Å². The molecule has 1 aromatic rings. The molecule has 1 fully saturated rings. The minimum absolute atomic E-state index is 0.0371. The number of hydrogen-bond donors (Lipinski definition) is 1. The van der Waals surface area contributed by atoms with Gasteiger partial charge in [0.25, 0.3) is 5.91 Å². The lowest BCUT2D eigenvalue weighted by Gasteiger charge is -2.27. The highest BCUT2D eigenvalue weighted by Gasteiger charge is 2.20. The summed E-state index contributed by atoms with van der Waals surface area (Å²) in [7, 11) is 0. The van der Waals surface area contributed by atoms with Crippen LogP contribution in [-0.2, 0) is 6.61 Å². The molecule has 1 amide bonds. The van der Waals surface area contributed by atoms with Crippen molar-refractivity contribution in [3.63, 3.8) is 0 Å². The molecule has 0 unspecified atom stereocenters. The zero-order valence-corrected chi connectivity index (χ0v) is 11.2. The summed E-state index contributed by atoms with van der Waals surface area (Å²) < 4.78 is 0.870. The molecule has 0 aromatic heterocycles. The quantitative estimate of drug-likeness (QED) is 0.911. The van der Waals surface area contributed by atoms with E-state index in [4.69, 9.17) is 0 Å².